The number of likely N-dealkylation sites (tertiary alicyclic amines) is 1. The van der Waals surface area contributed by atoms with Gasteiger partial charge in [-0.1, -0.05) is 0 Å². The highest BCUT2D eigenvalue weighted by Gasteiger charge is 2.23. The summed E-state index contributed by atoms with van der Waals surface area (Å²) in [6.07, 6.45) is 1.45. The molecule has 34 heavy (non-hydrogen) atoms. The normalized spacial score (nSPS) is 15.0. The predicted octanol–water partition coefficient (Wildman–Crippen LogP) is 4.00. The van der Waals surface area contributed by atoms with E-state index in [0.717, 1.165) is 37.2 Å². The molecule has 0 radical (unpaired) electrons. The molecule has 0 unspecified atom stereocenters. The van der Waals surface area contributed by atoms with Gasteiger partial charge in [-0.15, -0.1) is 11.3 Å². The monoisotopic (exact) mass is 490 g/mol. The summed E-state index contributed by atoms with van der Waals surface area (Å²) in [4.78, 5) is 31.1. The molecule has 10 heteroatoms. The lowest BCUT2D eigenvalue weighted by molar-refractivity contribution is -0.117. The van der Waals surface area contributed by atoms with Gasteiger partial charge in [-0.3, -0.25) is 9.69 Å². The second-order valence-electron chi connectivity index (χ2n) is 9.25. The van der Waals surface area contributed by atoms with E-state index >= 15 is 0 Å². The topological polar surface area (TPSA) is 102 Å². The quantitative estimate of drug-likeness (QED) is 0.577. The molecule has 0 spiro atoms. The summed E-state index contributed by atoms with van der Waals surface area (Å²) in [6.45, 7) is 8.05. The van der Waals surface area contributed by atoms with Crippen LogP contribution in [0.3, 0.4) is 0 Å². The highest BCUT2D eigenvalue weighted by atomic mass is 32.1. The van der Waals surface area contributed by atoms with Crippen molar-refractivity contribution in [3.63, 3.8) is 0 Å². The molecular formula is C24H34N4O5S. The van der Waals surface area contributed by atoms with E-state index in [1.54, 1.807) is 20.3 Å². The number of methoxy groups -OCH3 is 2. The maximum atomic E-state index is 12.6. The summed E-state index contributed by atoms with van der Waals surface area (Å²) in [5.41, 5.74) is 1.07. The first-order valence-electron chi connectivity index (χ1n) is 11.3. The van der Waals surface area contributed by atoms with Gasteiger partial charge < -0.3 is 24.8 Å². The molecule has 1 aliphatic heterocycles. The highest BCUT2D eigenvalue weighted by molar-refractivity contribution is 7.14. The van der Waals surface area contributed by atoms with E-state index in [1.165, 1.54) is 11.3 Å². The lowest BCUT2D eigenvalue weighted by atomic mass is 9.97. The van der Waals surface area contributed by atoms with Gasteiger partial charge >= 0.3 is 6.09 Å². The number of anilines is 1. The fraction of sp³-hybridized carbons (Fsp3) is 0.542. The van der Waals surface area contributed by atoms with Gasteiger partial charge in [-0.25, -0.2) is 9.78 Å². The Morgan fingerprint density at radius 1 is 1.18 bits per heavy atom. The molecule has 2 N–H and O–H groups in total. The Bertz CT molecular complexity index is 980. The maximum Gasteiger partial charge on any atom is 0.407 e. The summed E-state index contributed by atoms with van der Waals surface area (Å²) >= 11 is 1.38. The molecule has 3 rings (SSSR count). The van der Waals surface area contributed by atoms with Crippen molar-refractivity contribution in [2.75, 3.05) is 45.7 Å². The Morgan fingerprint density at radius 3 is 2.56 bits per heavy atom. The first kappa shape index (κ1) is 25.8. The average molecular weight is 491 g/mol. The van der Waals surface area contributed by atoms with Crippen LogP contribution in [-0.4, -0.2) is 67.9 Å². The molecule has 0 bridgehead atoms. The molecule has 0 aliphatic carbocycles. The summed E-state index contributed by atoms with van der Waals surface area (Å²) in [7, 11) is 3.21. The molecule has 9 nitrogen and oxygen atoms in total. The fourth-order valence-corrected chi connectivity index (χ4v) is 4.44. The van der Waals surface area contributed by atoms with E-state index in [2.05, 4.69) is 20.5 Å². The standard InChI is InChI=1S/C24H34N4O5S/c1-24(2,3)33-23(30)25-13-16-8-10-28(11-9-16)14-21(29)27-22-26-19(15-34-22)18-7-6-17(31-4)12-20(18)32-5/h6-7,12,15-16H,8-11,13-14H2,1-5H3,(H,25,30)(H,26,27,29). The van der Waals surface area contributed by atoms with Crippen LogP contribution in [0.5, 0.6) is 11.5 Å². The van der Waals surface area contributed by atoms with Crippen LogP contribution in [-0.2, 0) is 9.53 Å². The lowest BCUT2D eigenvalue weighted by Gasteiger charge is -2.31. The van der Waals surface area contributed by atoms with Gasteiger partial charge in [0.25, 0.3) is 0 Å². The van der Waals surface area contributed by atoms with Crippen LogP contribution in [0.25, 0.3) is 11.3 Å². The molecule has 2 amide bonds. The second-order valence-corrected chi connectivity index (χ2v) is 10.1. The van der Waals surface area contributed by atoms with Gasteiger partial charge in [0.05, 0.1) is 26.5 Å². The highest BCUT2D eigenvalue weighted by Crippen LogP contribution is 2.34. The number of thiazole rings is 1. The first-order chi connectivity index (χ1) is 16.2. The number of alkyl carbamates (subject to hydrolysis) is 1. The molecule has 1 saturated heterocycles. The van der Waals surface area contributed by atoms with Crippen molar-refractivity contribution >= 4 is 28.5 Å². The van der Waals surface area contributed by atoms with Gasteiger partial charge in [-0.05, 0) is 64.8 Å². The summed E-state index contributed by atoms with van der Waals surface area (Å²) in [6, 6.07) is 5.54. The third-order valence-corrected chi connectivity index (χ3v) is 6.20. The molecular weight excluding hydrogens is 456 g/mol. The molecule has 186 valence electrons. The van der Waals surface area contributed by atoms with Crippen molar-refractivity contribution in [2.24, 2.45) is 5.92 Å². The van der Waals surface area contributed by atoms with Crippen molar-refractivity contribution in [3.05, 3.63) is 23.6 Å². The zero-order valence-corrected chi connectivity index (χ0v) is 21.3. The van der Waals surface area contributed by atoms with E-state index in [-0.39, 0.29) is 12.0 Å². The molecule has 2 aromatic rings. The van der Waals surface area contributed by atoms with E-state index in [9.17, 15) is 9.59 Å². The van der Waals surface area contributed by atoms with Gasteiger partial charge in [0.15, 0.2) is 5.13 Å². The maximum absolute atomic E-state index is 12.6. The van der Waals surface area contributed by atoms with Crippen LogP contribution in [0.2, 0.25) is 0 Å². The van der Waals surface area contributed by atoms with E-state index in [0.29, 0.717) is 35.6 Å². The van der Waals surface area contributed by atoms with Gasteiger partial charge in [-0.2, -0.15) is 0 Å². The number of nitrogens with one attached hydrogen (secondary N) is 2. The molecule has 2 heterocycles. The minimum Gasteiger partial charge on any atom is -0.497 e. The van der Waals surface area contributed by atoms with Gasteiger partial charge in [0, 0.05) is 23.6 Å². The number of carbonyl (C=O) groups is 2. The number of hydrogen-bond acceptors (Lipinski definition) is 8. The van der Waals surface area contributed by atoms with E-state index < -0.39 is 5.60 Å². The Kier molecular flexibility index (Phi) is 8.73. The van der Waals surface area contributed by atoms with Crippen molar-refractivity contribution in [3.8, 4) is 22.8 Å². The zero-order chi connectivity index (χ0) is 24.7. The Hall–Kier alpha value is -2.85. The van der Waals surface area contributed by atoms with Crippen LogP contribution in [0, 0.1) is 5.92 Å². The van der Waals surface area contributed by atoms with Gasteiger partial charge in [0.2, 0.25) is 5.91 Å². The smallest absolute Gasteiger partial charge is 0.407 e. The summed E-state index contributed by atoms with van der Waals surface area (Å²) in [5, 5.41) is 8.19. The summed E-state index contributed by atoms with van der Waals surface area (Å²) < 4.78 is 16.0. The Labute approximate surface area is 204 Å². The van der Waals surface area contributed by atoms with Crippen LogP contribution in [0.1, 0.15) is 33.6 Å². The van der Waals surface area contributed by atoms with Crippen molar-refractivity contribution in [1.82, 2.24) is 15.2 Å². The molecule has 1 aromatic carbocycles. The number of aromatic nitrogens is 1. The molecule has 0 saturated carbocycles. The van der Waals surface area contributed by atoms with Crippen molar-refractivity contribution in [2.45, 2.75) is 39.2 Å². The number of benzene rings is 1. The number of carbonyl (C=O) groups excluding carboxylic acids is 2. The minimum atomic E-state index is -0.500. The third kappa shape index (κ3) is 7.59. The van der Waals surface area contributed by atoms with Crippen molar-refractivity contribution in [1.29, 1.82) is 0 Å². The SMILES string of the molecule is COc1ccc(-c2csc(NC(=O)CN3CCC(CNC(=O)OC(C)(C)C)CC3)n2)c(OC)c1. The first-order valence-corrected chi connectivity index (χ1v) is 12.2. The predicted molar refractivity (Wildman–Crippen MR) is 133 cm³/mol. The molecule has 1 fully saturated rings. The largest absolute Gasteiger partial charge is 0.497 e. The number of hydrogen-bond donors (Lipinski definition) is 2. The van der Waals surface area contributed by atoms with Crippen LogP contribution in [0.4, 0.5) is 9.93 Å². The van der Waals surface area contributed by atoms with E-state index in [1.807, 2.05) is 38.3 Å². The van der Waals surface area contributed by atoms with Crippen molar-refractivity contribution < 1.29 is 23.8 Å². The van der Waals surface area contributed by atoms with Crippen LogP contribution >= 0.6 is 11.3 Å². The summed E-state index contributed by atoms with van der Waals surface area (Å²) in [5.74, 6) is 1.65. The fourth-order valence-electron chi connectivity index (χ4n) is 3.72. The Morgan fingerprint density at radius 2 is 1.91 bits per heavy atom. The van der Waals surface area contributed by atoms with E-state index in [4.69, 9.17) is 14.2 Å². The molecule has 1 aromatic heterocycles. The number of nitrogens with zero attached hydrogens (tertiary/aromatic N) is 2. The number of piperidine rings is 1. The van der Waals surface area contributed by atoms with Crippen LogP contribution in [0.15, 0.2) is 23.6 Å². The second kappa shape index (κ2) is 11.5. The molecule has 0 atom stereocenters. The van der Waals surface area contributed by atoms with Crippen LogP contribution < -0.4 is 20.1 Å². The van der Waals surface area contributed by atoms with Gasteiger partial charge in [0.1, 0.15) is 17.1 Å². The number of rotatable bonds is 8. The number of amides is 2. The zero-order valence-electron chi connectivity index (χ0n) is 20.5. The minimum absolute atomic E-state index is 0.0899. The average Bonchev–Trinajstić information content (AvgIpc) is 3.25. The lowest BCUT2D eigenvalue weighted by Crippen LogP contribution is -2.42. The number of ether oxygens (including phenoxy) is 3. The molecule has 1 aliphatic rings. The third-order valence-electron chi connectivity index (χ3n) is 5.44. The Balaban J connectivity index is 1.44.